The molecule has 2 aliphatic rings. The molecule has 1 aliphatic carbocycles. The molecule has 244 valence electrons. The average molecular weight is 681 g/mol. The lowest BCUT2D eigenvalue weighted by molar-refractivity contribution is 0.753. The molecule has 3 heteroatoms. The van der Waals surface area contributed by atoms with Crippen molar-refractivity contribution in [2.75, 3.05) is 9.80 Å². The Kier molecular flexibility index (Phi) is 6.37. The second kappa shape index (κ2) is 11.3. The molecule has 8 aromatic carbocycles. The van der Waals surface area contributed by atoms with E-state index < -0.39 is 5.41 Å². The molecule has 0 saturated carbocycles. The number of nitrogens with zero attached hydrogens (tertiary/aromatic N) is 2. The molecule has 0 N–H and O–H groups in total. The topological polar surface area (TPSA) is 6.48 Å². The third-order valence-electron chi connectivity index (χ3n) is 11.0. The molecule has 0 radical (unpaired) electrons. The Balaban J connectivity index is 1.20. The van der Waals surface area contributed by atoms with E-state index in [4.69, 9.17) is 0 Å². The minimum absolute atomic E-state index is 0.518. The number of fused-ring (bicyclic) bond motifs is 8. The van der Waals surface area contributed by atoms with Crippen LogP contribution in [0.2, 0.25) is 0 Å². The summed E-state index contributed by atoms with van der Waals surface area (Å²) in [6, 6.07) is 71.5. The van der Waals surface area contributed by atoms with Gasteiger partial charge in [0.1, 0.15) is 0 Å². The summed E-state index contributed by atoms with van der Waals surface area (Å²) in [4.78, 5) is 4.89. The third-order valence-corrected chi connectivity index (χ3v) is 12.2. The smallest absolute Gasteiger partial charge is 0.0755 e. The van der Waals surface area contributed by atoms with Gasteiger partial charge >= 0.3 is 0 Å². The van der Waals surface area contributed by atoms with E-state index in [1.54, 1.807) is 0 Å². The maximum Gasteiger partial charge on any atom is 0.0755 e. The first-order valence-electron chi connectivity index (χ1n) is 17.9. The number of benzene rings is 8. The van der Waals surface area contributed by atoms with Crippen LogP contribution in [-0.4, -0.2) is 0 Å². The van der Waals surface area contributed by atoms with Gasteiger partial charge in [-0.05, 0) is 101 Å². The highest BCUT2D eigenvalue weighted by molar-refractivity contribution is 7.25. The van der Waals surface area contributed by atoms with E-state index >= 15 is 0 Å². The number of thiophene rings is 1. The minimum Gasteiger partial charge on any atom is -0.310 e. The van der Waals surface area contributed by atoms with Gasteiger partial charge in [-0.3, -0.25) is 0 Å². The van der Waals surface area contributed by atoms with Crippen molar-refractivity contribution in [3.8, 4) is 11.1 Å². The van der Waals surface area contributed by atoms with E-state index in [0.29, 0.717) is 0 Å². The molecule has 1 aliphatic heterocycles. The van der Waals surface area contributed by atoms with Crippen LogP contribution in [0.3, 0.4) is 0 Å². The third kappa shape index (κ3) is 4.06. The highest BCUT2D eigenvalue weighted by Gasteiger charge is 2.52. The van der Waals surface area contributed by atoms with Crippen LogP contribution in [0.15, 0.2) is 194 Å². The standard InChI is InChI=1S/C49H32N2S/c1-4-15-33(16-5-1)49-42-23-11-12-24-44(42)51(35-19-8-3-9-20-35)45-25-14-22-40(48(45)49)38-29-27-37(32-43(38)49)50(34-17-6-2-7-18-34)36-28-30-47-41(31-36)39-21-10-13-26-46(39)52-47/h1-32H. The zero-order valence-electron chi connectivity index (χ0n) is 28.3. The van der Waals surface area contributed by atoms with Crippen LogP contribution in [0.4, 0.5) is 34.1 Å². The van der Waals surface area contributed by atoms with Gasteiger partial charge in [-0.25, -0.2) is 0 Å². The first-order valence-corrected chi connectivity index (χ1v) is 18.7. The van der Waals surface area contributed by atoms with Crippen LogP contribution in [0.5, 0.6) is 0 Å². The van der Waals surface area contributed by atoms with E-state index in [0.717, 1.165) is 22.7 Å². The van der Waals surface area contributed by atoms with Crippen LogP contribution in [-0.2, 0) is 5.41 Å². The summed E-state index contributed by atoms with van der Waals surface area (Å²) in [5, 5.41) is 2.60. The number of anilines is 6. The summed E-state index contributed by atoms with van der Waals surface area (Å²) in [7, 11) is 0. The van der Waals surface area contributed by atoms with Gasteiger partial charge in [0.15, 0.2) is 0 Å². The maximum atomic E-state index is 2.48. The summed E-state index contributed by atoms with van der Waals surface area (Å²) in [6.07, 6.45) is 0. The fourth-order valence-electron chi connectivity index (χ4n) is 8.97. The lowest BCUT2D eigenvalue weighted by Crippen LogP contribution is -2.36. The molecule has 0 amide bonds. The number of hydrogen-bond acceptors (Lipinski definition) is 3. The van der Waals surface area contributed by atoms with Crippen molar-refractivity contribution in [1.82, 2.24) is 0 Å². The van der Waals surface area contributed by atoms with Gasteiger partial charge in [0.25, 0.3) is 0 Å². The normalized spacial score (nSPS) is 15.3. The van der Waals surface area contributed by atoms with Gasteiger partial charge in [-0.1, -0.05) is 121 Å². The molecule has 9 aromatic rings. The Morgan fingerprint density at radius 2 is 1.08 bits per heavy atom. The van der Waals surface area contributed by atoms with Crippen LogP contribution >= 0.6 is 11.3 Å². The van der Waals surface area contributed by atoms with E-state index in [-0.39, 0.29) is 0 Å². The molecule has 11 rings (SSSR count). The molecule has 2 nitrogen and oxygen atoms in total. The summed E-state index contributed by atoms with van der Waals surface area (Å²) in [5.41, 5.74) is 14.3. The Labute approximate surface area is 307 Å². The van der Waals surface area contributed by atoms with Gasteiger partial charge in [-0.2, -0.15) is 0 Å². The van der Waals surface area contributed by atoms with Crippen molar-refractivity contribution >= 4 is 65.6 Å². The van der Waals surface area contributed by atoms with Crippen LogP contribution in [0.1, 0.15) is 22.3 Å². The Morgan fingerprint density at radius 3 is 1.92 bits per heavy atom. The zero-order chi connectivity index (χ0) is 34.2. The number of hydrogen-bond donors (Lipinski definition) is 0. The summed E-state index contributed by atoms with van der Waals surface area (Å²) in [5.74, 6) is 0. The van der Waals surface area contributed by atoms with E-state index in [2.05, 4.69) is 204 Å². The summed E-state index contributed by atoms with van der Waals surface area (Å²) < 4.78 is 2.62. The first-order chi connectivity index (χ1) is 25.8. The lowest BCUT2D eigenvalue weighted by atomic mass is 9.65. The molecule has 2 heterocycles. The lowest BCUT2D eigenvalue weighted by Gasteiger charge is -2.44. The first kappa shape index (κ1) is 29.3. The molecule has 1 unspecified atom stereocenters. The highest BCUT2D eigenvalue weighted by atomic mass is 32.1. The number of para-hydroxylation sites is 3. The molecule has 0 bridgehead atoms. The predicted octanol–water partition coefficient (Wildman–Crippen LogP) is 13.7. The van der Waals surface area contributed by atoms with E-state index in [9.17, 15) is 0 Å². The average Bonchev–Trinajstić information content (AvgIpc) is 3.74. The van der Waals surface area contributed by atoms with Gasteiger partial charge in [-0.15, -0.1) is 11.3 Å². The molecular formula is C49H32N2S. The second-order valence-electron chi connectivity index (χ2n) is 13.7. The molecule has 1 aromatic heterocycles. The zero-order valence-corrected chi connectivity index (χ0v) is 29.1. The molecule has 1 atom stereocenters. The fraction of sp³-hybridized carbons (Fsp3) is 0.0204. The Morgan fingerprint density at radius 1 is 0.423 bits per heavy atom. The molecular weight excluding hydrogens is 649 g/mol. The van der Waals surface area contributed by atoms with Crippen LogP contribution in [0.25, 0.3) is 31.3 Å². The fourth-order valence-corrected chi connectivity index (χ4v) is 10.1. The van der Waals surface area contributed by atoms with Gasteiger partial charge in [0.2, 0.25) is 0 Å². The van der Waals surface area contributed by atoms with Crippen molar-refractivity contribution in [2.24, 2.45) is 0 Å². The molecule has 0 saturated heterocycles. The van der Waals surface area contributed by atoms with Gasteiger partial charge in [0.05, 0.1) is 16.8 Å². The Hall–Kier alpha value is -6.42. The molecule has 52 heavy (non-hydrogen) atoms. The largest absolute Gasteiger partial charge is 0.310 e. The highest BCUT2D eigenvalue weighted by Crippen LogP contribution is 2.65. The van der Waals surface area contributed by atoms with Crippen molar-refractivity contribution in [3.05, 3.63) is 216 Å². The summed E-state index contributed by atoms with van der Waals surface area (Å²) >= 11 is 1.86. The second-order valence-corrected chi connectivity index (χ2v) is 14.8. The SMILES string of the molecule is c1ccc(N(c2ccc3c(c2)C2(c4ccccc4)c4ccccc4N(c4ccccc4)c4cccc-3c42)c2ccc3sc4ccccc4c3c2)cc1. The van der Waals surface area contributed by atoms with Crippen molar-refractivity contribution < 1.29 is 0 Å². The molecule has 0 fully saturated rings. The Bertz CT molecular complexity index is 2810. The van der Waals surface area contributed by atoms with Gasteiger partial charge < -0.3 is 9.80 Å². The van der Waals surface area contributed by atoms with Gasteiger partial charge in [0, 0.05) is 48.5 Å². The predicted molar refractivity (Wildman–Crippen MR) is 220 cm³/mol. The summed E-state index contributed by atoms with van der Waals surface area (Å²) in [6.45, 7) is 0. The van der Waals surface area contributed by atoms with Crippen molar-refractivity contribution in [2.45, 2.75) is 5.41 Å². The maximum absolute atomic E-state index is 2.48. The molecule has 0 spiro atoms. The number of rotatable bonds is 5. The van der Waals surface area contributed by atoms with Crippen molar-refractivity contribution in [3.63, 3.8) is 0 Å². The monoisotopic (exact) mass is 680 g/mol. The van der Waals surface area contributed by atoms with Crippen LogP contribution in [0, 0.1) is 0 Å². The van der Waals surface area contributed by atoms with E-state index in [1.165, 1.54) is 64.9 Å². The van der Waals surface area contributed by atoms with Crippen molar-refractivity contribution in [1.29, 1.82) is 0 Å². The quantitative estimate of drug-likeness (QED) is 0.179. The minimum atomic E-state index is -0.518. The van der Waals surface area contributed by atoms with Crippen LogP contribution < -0.4 is 9.80 Å². The van der Waals surface area contributed by atoms with E-state index in [1.807, 2.05) is 11.3 Å².